The topological polar surface area (TPSA) is 56.5 Å². The number of aryl methyl sites for hydroxylation is 1. The molecule has 0 saturated heterocycles. The summed E-state index contributed by atoms with van der Waals surface area (Å²) >= 11 is 0. The van der Waals surface area contributed by atoms with Crippen molar-refractivity contribution in [2.45, 2.75) is 72.8 Å². The molecule has 5 rings (SSSR count). The molecule has 1 aliphatic heterocycles. The molecule has 0 amide bonds. The number of rotatable bonds is 0. The molecule has 0 aromatic carbocycles. The number of fused-ring (bicyclic) bond motifs is 5. The van der Waals surface area contributed by atoms with Crippen molar-refractivity contribution in [1.82, 2.24) is 0 Å². The Morgan fingerprint density at radius 3 is 2.58 bits per heavy atom. The van der Waals surface area contributed by atoms with Gasteiger partial charge in [-0.1, -0.05) is 31.6 Å². The van der Waals surface area contributed by atoms with E-state index >= 15 is 0 Å². The second kappa shape index (κ2) is 6.34. The van der Waals surface area contributed by atoms with Gasteiger partial charge in [0.05, 0.1) is 5.56 Å². The van der Waals surface area contributed by atoms with Gasteiger partial charge in [0.1, 0.15) is 17.1 Å². The Bertz CT molecular complexity index is 1150. The Hall–Kier alpha value is -2.36. The second-order valence-corrected chi connectivity index (χ2v) is 10.7. The van der Waals surface area contributed by atoms with E-state index in [1.54, 1.807) is 6.08 Å². The van der Waals surface area contributed by atoms with Crippen LogP contribution in [-0.4, -0.2) is 11.4 Å². The minimum Gasteiger partial charge on any atom is -0.481 e. The van der Waals surface area contributed by atoms with Crippen molar-refractivity contribution in [3.63, 3.8) is 0 Å². The van der Waals surface area contributed by atoms with Crippen LogP contribution in [0, 0.1) is 36.5 Å². The van der Waals surface area contributed by atoms with E-state index in [0.717, 1.165) is 30.6 Å². The third-order valence-corrected chi connectivity index (χ3v) is 9.31. The first kappa shape index (κ1) is 20.5. The zero-order chi connectivity index (χ0) is 22.3. The summed E-state index contributed by atoms with van der Waals surface area (Å²) in [6.07, 6.45) is 11.6. The average molecular weight is 421 g/mol. The summed E-state index contributed by atoms with van der Waals surface area (Å²) in [5.74, 6) is 2.07. The van der Waals surface area contributed by atoms with Gasteiger partial charge in [-0.3, -0.25) is 4.79 Å². The molecule has 4 nitrogen and oxygen atoms in total. The second-order valence-electron chi connectivity index (χ2n) is 10.7. The minimum absolute atomic E-state index is 0.0836. The highest BCUT2D eigenvalue weighted by Crippen LogP contribution is 2.67. The fourth-order valence-corrected chi connectivity index (χ4v) is 7.40. The van der Waals surface area contributed by atoms with Crippen LogP contribution in [-0.2, 0) is 11.2 Å². The number of ether oxygens (including phenoxy) is 1. The maximum absolute atomic E-state index is 12.8. The van der Waals surface area contributed by atoms with Gasteiger partial charge in [-0.25, -0.2) is 4.79 Å². The molecule has 1 fully saturated rings. The zero-order valence-corrected chi connectivity index (χ0v) is 19.4. The highest BCUT2D eigenvalue weighted by atomic mass is 16.5. The van der Waals surface area contributed by atoms with Gasteiger partial charge in [0, 0.05) is 17.4 Å². The number of carbonyl (C=O) groups excluding carboxylic acids is 1. The molecule has 0 N–H and O–H groups in total. The first-order chi connectivity index (χ1) is 14.5. The van der Waals surface area contributed by atoms with Crippen LogP contribution in [0.15, 0.2) is 44.7 Å². The first-order valence-electron chi connectivity index (χ1n) is 11.4. The van der Waals surface area contributed by atoms with E-state index in [4.69, 9.17) is 9.15 Å². The quantitative estimate of drug-likeness (QED) is 0.527. The standard InChI is InChI=1S/C27H32O4/c1-15-13-19(28)9-11-25(5)21(15)10-12-26(6)22(25)8-7-16(2)27(26)14-20-23(31-27)17(3)18(4)30-24(20)29/h7,9,11,13,21-22H,8,10,12,14H2,1-6H3/t21-,22+,25-,26+,27-/m1/s1. The summed E-state index contributed by atoms with van der Waals surface area (Å²) in [7, 11) is 0. The predicted octanol–water partition coefficient (Wildman–Crippen LogP) is 5.40. The van der Waals surface area contributed by atoms with E-state index in [2.05, 4.69) is 39.8 Å². The van der Waals surface area contributed by atoms with Gasteiger partial charge in [0.2, 0.25) is 0 Å². The highest BCUT2D eigenvalue weighted by molar-refractivity contribution is 6.00. The molecule has 1 aromatic heterocycles. The largest absolute Gasteiger partial charge is 0.481 e. The van der Waals surface area contributed by atoms with E-state index in [1.165, 1.54) is 11.1 Å². The van der Waals surface area contributed by atoms with Crippen molar-refractivity contribution in [2.24, 2.45) is 22.7 Å². The number of allylic oxidation sites excluding steroid dienone is 5. The third-order valence-electron chi connectivity index (χ3n) is 9.31. The summed E-state index contributed by atoms with van der Waals surface area (Å²) in [6.45, 7) is 12.7. The number of hydrogen-bond acceptors (Lipinski definition) is 4. The molecule has 4 aliphatic rings. The molecule has 1 spiro atoms. The van der Waals surface area contributed by atoms with Gasteiger partial charge >= 0.3 is 5.63 Å². The fourth-order valence-electron chi connectivity index (χ4n) is 7.40. The smallest absolute Gasteiger partial charge is 0.343 e. The van der Waals surface area contributed by atoms with Gasteiger partial charge in [0.15, 0.2) is 5.78 Å². The van der Waals surface area contributed by atoms with E-state index in [1.807, 2.05) is 19.9 Å². The first-order valence-corrected chi connectivity index (χ1v) is 11.4. The molecule has 31 heavy (non-hydrogen) atoms. The van der Waals surface area contributed by atoms with Gasteiger partial charge < -0.3 is 9.15 Å². The van der Waals surface area contributed by atoms with Crippen LogP contribution in [0.25, 0.3) is 0 Å². The van der Waals surface area contributed by atoms with Crippen molar-refractivity contribution in [3.8, 4) is 5.75 Å². The fraction of sp³-hybridized carbons (Fsp3) is 0.556. The number of hydrogen-bond donors (Lipinski definition) is 0. The van der Waals surface area contributed by atoms with Crippen LogP contribution in [0.5, 0.6) is 5.75 Å². The van der Waals surface area contributed by atoms with E-state index in [0.29, 0.717) is 29.6 Å². The van der Waals surface area contributed by atoms with Crippen molar-refractivity contribution in [2.75, 3.05) is 0 Å². The summed E-state index contributed by atoms with van der Waals surface area (Å²) in [5, 5.41) is 0. The zero-order valence-electron chi connectivity index (χ0n) is 19.4. The van der Waals surface area contributed by atoms with Crippen LogP contribution in [0.2, 0.25) is 0 Å². The molecule has 3 aliphatic carbocycles. The highest BCUT2D eigenvalue weighted by Gasteiger charge is 2.66. The van der Waals surface area contributed by atoms with Crippen LogP contribution >= 0.6 is 0 Å². The lowest BCUT2D eigenvalue weighted by Gasteiger charge is -2.62. The van der Waals surface area contributed by atoms with E-state index in [-0.39, 0.29) is 22.2 Å². The van der Waals surface area contributed by atoms with Gasteiger partial charge in [-0.15, -0.1) is 0 Å². The van der Waals surface area contributed by atoms with Crippen molar-refractivity contribution in [3.05, 3.63) is 62.8 Å². The maximum atomic E-state index is 12.8. The lowest BCUT2D eigenvalue weighted by molar-refractivity contribution is -0.124. The Kier molecular flexibility index (Phi) is 4.20. The lowest BCUT2D eigenvalue weighted by atomic mass is 9.43. The van der Waals surface area contributed by atoms with E-state index < -0.39 is 5.60 Å². The summed E-state index contributed by atoms with van der Waals surface area (Å²) in [6, 6.07) is 0. The molecule has 1 aromatic rings. The molecule has 164 valence electrons. The molecule has 0 bridgehead atoms. The minimum atomic E-state index is -0.554. The normalized spacial score (nSPS) is 38.6. The average Bonchev–Trinajstić information content (AvgIpc) is 3.08. The van der Waals surface area contributed by atoms with Gasteiger partial charge in [0.25, 0.3) is 0 Å². The third kappa shape index (κ3) is 2.48. The maximum Gasteiger partial charge on any atom is 0.343 e. The Balaban J connectivity index is 1.68. The number of carbonyl (C=O) groups is 1. The van der Waals surface area contributed by atoms with Crippen LogP contribution < -0.4 is 10.4 Å². The Morgan fingerprint density at radius 2 is 1.84 bits per heavy atom. The molecule has 4 heteroatoms. The SMILES string of the molecule is CC1=CC(=O)C=C[C@]2(C)[C@@H]1CC[C@@]1(C)[C@H]2CC=C(C)[C@]12Cc1c(c(C)c(C)oc1=O)O2. The molecule has 2 heterocycles. The summed E-state index contributed by atoms with van der Waals surface area (Å²) in [5.41, 5.74) is 2.85. The van der Waals surface area contributed by atoms with Gasteiger partial charge in [-0.05, 0) is 81.9 Å². The van der Waals surface area contributed by atoms with Gasteiger partial charge in [-0.2, -0.15) is 0 Å². The van der Waals surface area contributed by atoms with Crippen LogP contribution in [0.4, 0.5) is 0 Å². The molecule has 0 radical (unpaired) electrons. The van der Waals surface area contributed by atoms with E-state index in [9.17, 15) is 9.59 Å². The lowest BCUT2D eigenvalue weighted by Crippen LogP contribution is -2.63. The van der Waals surface area contributed by atoms with Crippen molar-refractivity contribution in [1.29, 1.82) is 0 Å². The van der Waals surface area contributed by atoms with Crippen molar-refractivity contribution >= 4 is 5.78 Å². The predicted molar refractivity (Wildman–Crippen MR) is 120 cm³/mol. The molecule has 5 atom stereocenters. The summed E-state index contributed by atoms with van der Waals surface area (Å²) in [4.78, 5) is 25.1. The molecule has 1 saturated carbocycles. The van der Waals surface area contributed by atoms with Crippen LogP contribution in [0.1, 0.15) is 63.8 Å². The molecule has 0 unspecified atom stereocenters. The van der Waals surface area contributed by atoms with Crippen LogP contribution in [0.3, 0.4) is 0 Å². The Morgan fingerprint density at radius 1 is 1.10 bits per heavy atom. The Labute approximate surface area is 184 Å². The molecular formula is C27H32O4. The molecular weight excluding hydrogens is 388 g/mol. The monoisotopic (exact) mass is 420 g/mol. The number of ketones is 1. The summed E-state index contributed by atoms with van der Waals surface area (Å²) < 4.78 is 12.4. The van der Waals surface area contributed by atoms with Crippen molar-refractivity contribution < 1.29 is 13.9 Å².